The predicted molar refractivity (Wildman–Crippen MR) is 58.9 cm³/mol. The van der Waals surface area contributed by atoms with E-state index in [-0.39, 0.29) is 12.4 Å². The van der Waals surface area contributed by atoms with Crippen LogP contribution >= 0.6 is 0 Å². The number of ether oxygens (including phenoxy) is 1. The number of hydrogen-bond acceptors (Lipinski definition) is 3. The molecule has 0 spiro atoms. The van der Waals surface area contributed by atoms with Gasteiger partial charge in [-0.1, -0.05) is 6.07 Å². The second-order valence-electron chi connectivity index (χ2n) is 3.90. The first-order chi connectivity index (χ1) is 8.85. The maximum Gasteiger partial charge on any atom is 0.411 e. The van der Waals surface area contributed by atoms with Gasteiger partial charge in [0.25, 0.3) is 0 Å². The molecule has 2 rings (SSSR count). The first kappa shape index (κ1) is 13.4. The Morgan fingerprint density at radius 1 is 1.32 bits per heavy atom. The number of carboxylic acids is 1. The van der Waals surface area contributed by atoms with Gasteiger partial charge in [-0.15, -0.1) is 0 Å². The van der Waals surface area contributed by atoms with E-state index in [0.717, 1.165) is 0 Å². The maximum atomic E-state index is 11.9. The van der Waals surface area contributed by atoms with E-state index in [9.17, 15) is 18.0 Å². The molecule has 1 aromatic heterocycles. The monoisotopic (exact) mass is 274 g/mol. The molecule has 0 atom stereocenters. The van der Waals surface area contributed by atoms with Gasteiger partial charge in [0.15, 0.2) is 0 Å². The third-order valence-corrected chi connectivity index (χ3v) is 2.33. The smallest absolute Gasteiger partial charge is 0.411 e. The minimum absolute atomic E-state index is 0.205. The number of halogens is 3. The molecule has 1 heterocycles. The molecule has 0 aliphatic carbocycles. The zero-order valence-corrected chi connectivity index (χ0v) is 9.53. The molecule has 7 heteroatoms. The molecule has 2 aromatic rings. The van der Waals surface area contributed by atoms with E-state index >= 15 is 0 Å². The number of rotatable bonds is 4. The van der Waals surface area contributed by atoms with Gasteiger partial charge in [-0.3, -0.25) is 0 Å². The highest BCUT2D eigenvalue weighted by atomic mass is 19.4. The van der Waals surface area contributed by atoms with Crippen molar-refractivity contribution >= 4 is 16.9 Å². The van der Waals surface area contributed by atoms with E-state index in [4.69, 9.17) is 9.52 Å². The molecule has 102 valence electrons. The Morgan fingerprint density at radius 2 is 2.05 bits per heavy atom. The summed E-state index contributed by atoms with van der Waals surface area (Å²) in [4.78, 5) is 10.7. The fourth-order valence-electron chi connectivity index (χ4n) is 1.57. The molecule has 0 radical (unpaired) electrons. The number of alkyl halides is 3. The minimum atomic E-state index is -4.36. The van der Waals surface area contributed by atoms with E-state index in [2.05, 4.69) is 4.74 Å². The molecule has 0 fully saturated rings. The highest BCUT2D eigenvalue weighted by Crippen LogP contribution is 2.22. The van der Waals surface area contributed by atoms with Gasteiger partial charge in [0.1, 0.15) is 12.2 Å². The van der Waals surface area contributed by atoms with E-state index in [1.165, 1.54) is 24.3 Å². The summed E-state index contributed by atoms with van der Waals surface area (Å²) in [6, 6.07) is 5.86. The maximum absolute atomic E-state index is 11.9. The van der Waals surface area contributed by atoms with Crippen molar-refractivity contribution in [2.45, 2.75) is 12.8 Å². The van der Waals surface area contributed by atoms with Gasteiger partial charge in [0.05, 0.1) is 6.61 Å². The lowest BCUT2D eigenvalue weighted by Gasteiger charge is -2.07. The van der Waals surface area contributed by atoms with Gasteiger partial charge in [-0.2, -0.15) is 13.2 Å². The Balaban J connectivity index is 2.11. The third kappa shape index (κ3) is 3.47. The Hall–Kier alpha value is -2.02. The molecule has 19 heavy (non-hydrogen) atoms. The fraction of sp³-hybridized carbons (Fsp3) is 0.250. The summed E-state index contributed by atoms with van der Waals surface area (Å²) in [5.41, 5.74) is 0.867. The molecule has 0 saturated carbocycles. The molecule has 4 nitrogen and oxygen atoms in total. The van der Waals surface area contributed by atoms with Crippen LogP contribution in [-0.2, 0) is 11.3 Å². The number of hydrogen-bond donors (Lipinski definition) is 1. The van der Waals surface area contributed by atoms with Crippen LogP contribution in [0.2, 0.25) is 0 Å². The normalized spacial score (nSPS) is 11.9. The van der Waals surface area contributed by atoms with Gasteiger partial charge in [-0.25, -0.2) is 4.79 Å². The number of aromatic carboxylic acids is 1. The van der Waals surface area contributed by atoms with Crippen LogP contribution in [-0.4, -0.2) is 23.9 Å². The SMILES string of the molecule is O=C(O)c1cc2cc(COCC(F)(F)F)ccc2o1. The molecule has 0 aliphatic rings. The number of fused-ring (bicyclic) bond motifs is 1. The van der Waals surface area contributed by atoms with Crippen LogP contribution in [0.1, 0.15) is 16.1 Å². The van der Waals surface area contributed by atoms with Crippen LogP contribution in [0.15, 0.2) is 28.7 Å². The van der Waals surface area contributed by atoms with Crippen molar-refractivity contribution in [1.29, 1.82) is 0 Å². The highest BCUT2D eigenvalue weighted by Gasteiger charge is 2.27. The number of carbonyl (C=O) groups is 1. The Labute approximate surface area is 105 Å². The number of furan rings is 1. The average molecular weight is 274 g/mol. The van der Waals surface area contributed by atoms with Crippen LogP contribution in [0.3, 0.4) is 0 Å². The summed E-state index contributed by atoms with van der Waals surface area (Å²) in [5.74, 6) is -1.42. The summed E-state index contributed by atoms with van der Waals surface area (Å²) < 4.78 is 45.2. The van der Waals surface area contributed by atoms with Gasteiger partial charge < -0.3 is 14.3 Å². The summed E-state index contributed by atoms with van der Waals surface area (Å²) in [6.07, 6.45) is -4.36. The molecule has 0 amide bonds. The minimum Gasteiger partial charge on any atom is -0.475 e. The summed E-state index contributed by atoms with van der Waals surface area (Å²) in [7, 11) is 0. The lowest BCUT2D eigenvalue weighted by Crippen LogP contribution is -2.16. The Kier molecular flexibility index (Phi) is 3.48. The van der Waals surface area contributed by atoms with Crippen LogP contribution in [0.25, 0.3) is 11.0 Å². The molecule has 0 unspecified atom stereocenters. The Bertz CT molecular complexity index is 601. The van der Waals surface area contributed by atoms with Crippen molar-refractivity contribution in [1.82, 2.24) is 0 Å². The van der Waals surface area contributed by atoms with Crippen molar-refractivity contribution in [2.75, 3.05) is 6.61 Å². The third-order valence-electron chi connectivity index (χ3n) is 2.33. The largest absolute Gasteiger partial charge is 0.475 e. The van der Waals surface area contributed by atoms with E-state index in [1.807, 2.05) is 0 Å². The van der Waals surface area contributed by atoms with Crippen molar-refractivity contribution in [3.8, 4) is 0 Å². The van der Waals surface area contributed by atoms with Crippen LogP contribution in [0.5, 0.6) is 0 Å². The topological polar surface area (TPSA) is 59.7 Å². The van der Waals surface area contributed by atoms with Gasteiger partial charge >= 0.3 is 12.1 Å². The molecular formula is C12H9F3O4. The van der Waals surface area contributed by atoms with E-state index < -0.39 is 18.8 Å². The summed E-state index contributed by atoms with van der Waals surface area (Å²) in [5, 5.41) is 9.25. The molecule has 0 aliphatic heterocycles. The predicted octanol–water partition coefficient (Wildman–Crippen LogP) is 3.21. The lowest BCUT2D eigenvalue weighted by molar-refractivity contribution is -0.176. The summed E-state index contributed by atoms with van der Waals surface area (Å²) in [6.45, 7) is -1.53. The van der Waals surface area contributed by atoms with Crippen molar-refractivity contribution in [2.24, 2.45) is 0 Å². The van der Waals surface area contributed by atoms with Gasteiger partial charge in [0.2, 0.25) is 5.76 Å². The van der Waals surface area contributed by atoms with E-state index in [1.54, 1.807) is 0 Å². The second-order valence-corrected chi connectivity index (χ2v) is 3.90. The average Bonchev–Trinajstić information content (AvgIpc) is 2.70. The Morgan fingerprint density at radius 3 is 2.68 bits per heavy atom. The summed E-state index contributed by atoms with van der Waals surface area (Å²) >= 11 is 0. The lowest BCUT2D eigenvalue weighted by atomic mass is 10.2. The first-order valence-corrected chi connectivity index (χ1v) is 5.25. The molecule has 0 bridgehead atoms. The zero-order valence-electron chi connectivity index (χ0n) is 9.53. The quantitative estimate of drug-likeness (QED) is 0.930. The fourth-order valence-corrected chi connectivity index (χ4v) is 1.57. The van der Waals surface area contributed by atoms with Gasteiger partial charge in [0, 0.05) is 5.39 Å². The molecule has 1 aromatic carbocycles. The van der Waals surface area contributed by atoms with E-state index in [0.29, 0.717) is 16.5 Å². The molecule has 1 N–H and O–H groups in total. The zero-order chi connectivity index (χ0) is 14.0. The van der Waals surface area contributed by atoms with Crippen LogP contribution < -0.4 is 0 Å². The standard InChI is InChI=1S/C12H9F3O4/c13-12(14,15)6-18-5-7-1-2-9-8(3-7)4-10(19-9)11(16)17/h1-4H,5-6H2,(H,16,17). The van der Waals surface area contributed by atoms with Crippen molar-refractivity contribution in [3.63, 3.8) is 0 Å². The van der Waals surface area contributed by atoms with Crippen LogP contribution in [0, 0.1) is 0 Å². The number of carboxylic acid groups (broad SMARTS) is 1. The van der Waals surface area contributed by atoms with Crippen LogP contribution in [0.4, 0.5) is 13.2 Å². The van der Waals surface area contributed by atoms with Gasteiger partial charge in [-0.05, 0) is 23.8 Å². The number of benzene rings is 1. The molecule has 0 saturated heterocycles. The first-order valence-electron chi connectivity index (χ1n) is 5.25. The van der Waals surface area contributed by atoms with Crippen molar-refractivity contribution < 1.29 is 32.2 Å². The van der Waals surface area contributed by atoms with Crippen molar-refractivity contribution in [3.05, 3.63) is 35.6 Å². The highest BCUT2D eigenvalue weighted by molar-refractivity contribution is 5.91. The molecular weight excluding hydrogens is 265 g/mol. The second kappa shape index (κ2) is 4.93.